The monoisotopic (exact) mass is 435 g/mol. The number of rotatable bonds is 6. The van der Waals surface area contributed by atoms with E-state index in [4.69, 9.17) is 9.47 Å². The molecule has 1 aliphatic heterocycles. The van der Waals surface area contributed by atoms with Crippen molar-refractivity contribution >= 4 is 6.09 Å². The largest absolute Gasteiger partial charge is 0.436 e. The van der Waals surface area contributed by atoms with Crippen LogP contribution in [0.25, 0.3) is 0 Å². The molecular weight excluding hydrogens is 402 g/mol. The fourth-order valence-electron chi connectivity index (χ4n) is 5.10. The number of amides is 1. The molecule has 2 aliphatic rings. The molecule has 1 aliphatic carbocycles. The molecule has 0 bridgehead atoms. The second-order valence-corrected chi connectivity index (χ2v) is 8.72. The Morgan fingerprint density at radius 1 is 1.16 bits per heavy atom. The number of hydrogen-bond donors (Lipinski definition) is 1. The first-order valence-corrected chi connectivity index (χ1v) is 11.7. The molecular formula is C26H33N3O3. The van der Waals surface area contributed by atoms with Crippen LogP contribution >= 0.6 is 0 Å². The summed E-state index contributed by atoms with van der Waals surface area (Å²) in [4.78, 5) is 14.6. The molecule has 0 radical (unpaired) electrons. The summed E-state index contributed by atoms with van der Waals surface area (Å²) >= 11 is 0. The van der Waals surface area contributed by atoms with Gasteiger partial charge in [-0.05, 0) is 63.0 Å². The number of nitrogens with zero attached hydrogens (tertiary/aromatic N) is 2. The summed E-state index contributed by atoms with van der Waals surface area (Å²) in [5.41, 5.74) is 2.49. The van der Waals surface area contributed by atoms with E-state index in [1.807, 2.05) is 11.0 Å². The van der Waals surface area contributed by atoms with Gasteiger partial charge in [-0.3, -0.25) is 5.10 Å². The Hall–Kier alpha value is -2.78. The predicted octanol–water partition coefficient (Wildman–Crippen LogP) is 4.86. The zero-order valence-corrected chi connectivity index (χ0v) is 18.8. The molecule has 1 amide bonds. The maximum atomic E-state index is 12.8. The van der Waals surface area contributed by atoms with Crippen LogP contribution in [0.5, 0.6) is 0 Å². The minimum Gasteiger partial charge on any atom is -0.436 e. The number of benzene rings is 1. The van der Waals surface area contributed by atoms with Crippen molar-refractivity contribution in [3.63, 3.8) is 0 Å². The average Bonchev–Trinajstić information content (AvgIpc) is 3.38. The number of aromatic nitrogens is 2. The lowest BCUT2D eigenvalue weighted by Crippen LogP contribution is -2.50. The van der Waals surface area contributed by atoms with Gasteiger partial charge in [0, 0.05) is 24.4 Å². The first kappa shape index (κ1) is 22.4. The van der Waals surface area contributed by atoms with Gasteiger partial charge in [0.15, 0.2) is 6.61 Å². The number of ether oxygens (including phenoxy) is 2. The van der Waals surface area contributed by atoms with E-state index in [1.165, 1.54) is 5.56 Å². The second kappa shape index (κ2) is 11.2. The molecule has 32 heavy (non-hydrogen) atoms. The zero-order chi connectivity index (χ0) is 22.2. The normalized spacial score (nSPS) is 25.6. The highest BCUT2D eigenvalue weighted by Gasteiger charge is 2.37. The molecule has 1 aromatic heterocycles. The van der Waals surface area contributed by atoms with Crippen molar-refractivity contribution in [3.05, 3.63) is 53.9 Å². The number of carbonyl (C=O) groups is 1. The molecule has 6 nitrogen and oxygen atoms in total. The third kappa shape index (κ3) is 5.52. The van der Waals surface area contributed by atoms with E-state index < -0.39 is 0 Å². The van der Waals surface area contributed by atoms with Crippen molar-refractivity contribution < 1.29 is 14.3 Å². The number of nitrogens with one attached hydrogen (secondary N) is 1. The van der Waals surface area contributed by atoms with E-state index in [0.717, 1.165) is 44.2 Å². The molecule has 2 atom stereocenters. The number of carbonyl (C=O) groups excluding carboxylic acids is 1. The molecule has 6 heteroatoms. The van der Waals surface area contributed by atoms with Gasteiger partial charge in [-0.25, -0.2) is 4.79 Å². The summed E-state index contributed by atoms with van der Waals surface area (Å²) in [6.45, 7) is 3.06. The Morgan fingerprint density at radius 2 is 1.97 bits per heavy atom. The maximum Gasteiger partial charge on any atom is 0.411 e. The molecule has 1 saturated heterocycles. The highest BCUT2D eigenvalue weighted by atomic mass is 16.6. The number of aromatic amines is 1. The Kier molecular flexibility index (Phi) is 7.84. The molecule has 2 fully saturated rings. The topological polar surface area (TPSA) is 67.5 Å². The van der Waals surface area contributed by atoms with Crippen molar-refractivity contribution in [2.45, 2.75) is 69.4 Å². The molecule has 0 unspecified atom stereocenters. The third-order valence-electron chi connectivity index (χ3n) is 6.83. The van der Waals surface area contributed by atoms with Crippen molar-refractivity contribution in [3.8, 4) is 11.8 Å². The highest BCUT2D eigenvalue weighted by molar-refractivity contribution is 5.68. The van der Waals surface area contributed by atoms with Crippen LogP contribution in [0, 0.1) is 11.8 Å². The highest BCUT2D eigenvalue weighted by Crippen LogP contribution is 2.36. The van der Waals surface area contributed by atoms with E-state index >= 15 is 0 Å². The standard InChI is InChI=1S/C26H33N3O3/c1-2-3-18-31-26(30)29-17-7-10-23(24-15-16-27-28-24)25(29)19-32-22-13-11-21(12-14-22)20-8-5-4-6-9-20/h4-6,8-9,15-16,21-23,25H,7,10-14,17-19H2,1H3,(H,27,28)/t21?,22?,23-,25+/m1/s1. The van der Waals surface area contributed by atoms with Crippen LogP contribution in [-0.2, 0) is 9.47 Å². The third-order valence-corrected chi connectivity index (χ3v) is 6.83. The second-order valence-electron chi connectivity index (χ2n) is 8.72. The molecule has 1 aromatic carbocycles. The molecule has 1 saturated carbocycles. The Bertz CT molecular complexity index is 895. The van der Waals surface area contributed by atoms with Gasteiger partial charge in [-0.15, -0.1) is 5.92 Å². The Balaban J connectivity index is 1.38. The number of piperidine rings is 1. The van der Waals surface area contributed by atoms with Gasteiger partial charge in [-0.1, -0.05) is 36.3 Å². The number of hydrogen-bond acceptors (Lipinski definition) is 4. The maximum absolute atomic E-state index is 12.8. The van der Waals surface area contributed by atoms with Crippen LogP contribution in [0.1, 0.15) is 68.5 Å². The van der Waals surface area contributed by atoms with E-state index in [2.05, 4.69) is 52.4 Å². The van der Waals surface area contributed by atoms with E-state index in [-0.39, 0.29) is 30.8 Å². The van der Waals surface area contributed by atoms with Gasteiger partial charge in [-0.2, -0.15) is 5.10 Å². The predicted molar refractivity (Wildman–Crippen MR) is 123 cm³/mol. The molecule has 170 valence electrons. The van der Waals surface area contributed by atoms with Crippen LogP contribution in [0.3, 0.4) is 0 Å². The fraction of sp³-hybridized carbons (Fsp3) is 0.538. The smallest absolute Gasteiger partial charge is 0.411 e. The molecule has 4 rings (SSSR count). The van der Waals surface area contributed by atoms with Crippen molar-refractivity contribution in [2.24, 2.45) is 0 Å². The summed E-state index contributed by atoms with van der Waals surface area (Å²) in [5, 5.41) is 7.23. The van der Waals surface area contributed by atoms with Gasteiger partial charge >= 0.3 is 6.09 Å². The summed E-state index contributed by atoms with van der Waals surface area (Å²) < 4.78 is 11.8. The minimum atomic E-state index is -0.307. The van der Waals surface area contributed by atoms with Gasteiger partial charge in [0.25, 0.3) is 0 Å². The lowest BCUT2D eigenvalue weighted by molar-refractivity contribution is -0.0251. The van der Waals surface area contributed by atoms with Gasteiger partial charge in [0.1, 0.15) is 0 Å². The van der Waals surface area contributed by atoms with Crippen LogP contribution in [0.15, 0.2) is 42.6 Å². The summed E-state index contributed by atoms with van der Waals surface area (Å²) in [7, 11) is 0. The van der Waals surface area contributed by atoms with Crippen molar-refractivity contribution in [1.82, 2.24) is 15.1 Å². The van der Waals surface area contributed by atoms with Crippen LogP contribution in [-0.4, -0.2) is 53.1 Å². The molecule has 2 heterocycles. The molecule has 2 aromatic rings. The van der Waals surface area contributed by atoms with E-state index in [9.17, 15) is 4.79 Å². The van der Waals surface area contributed by atoms with Gasteiger partial charge in [0.05, 0.1) is 18.8 Å². The van der Waals surface area contributed by atoms with Crippen LogP contribution < -0.4 is 0 Å². The van der Waals surface area contributed by atoms with E-state index in [1.54, 1.807) is 13.1 Å². The first-order chi connectivity index (χ1) is 15.8. The lowest BCUT2D eigenvalue weighted by Gasteiger charge is -2.41. The van der Waals surface area contributed by atoms with Crippen LogP contribution in [0.2, 0.25) is 0 Å². The number of likely N-dealkylation sites (tertiary alicyclic amines) is 1. The molecule has 0 spiro atoms. The SMILES string of the molecule is CC#CCOC(=O)N1CCC[C@H](c2ccn[nH]2)[C@@H]1COC1CCC(c2ccccc2)CC1. The molecule has 1 N–H and O–H groups in total. The zero-order valence-electron chi connectivity index (χ0n) is 18.8. The van der Waals surface area contributed by atoms with Gasteiger partial charge < -0.3 is 14.4 Å². The quantitative estimate of drug-likeness (QED) is 0.658. The van der Waals surface area contributed by atoms with Gasteiger partial charge in [0.2, 0.25) is 0 Å². The summed E-state index contributed by atoms with van der Waals surface area (Å²) in [5.74, 6) is 6.36. The fourth-order valence-corrected chi connectivity index (χ4v) is 5.10. The Morgan fingerprint density at radius 3 is 2.69 bits per heavy atom. The average molecular weight is 436 g/mol. The van der Waals surface area contributed by atoms with E-state index in [0.29, 0.717) is 19.1 Å². The summed E-state index contributed by atoms with van der Waals surface area (Å²) in [6.07, 6.45) is 8.02. The van der Waals surface area contributed by atoms with Crippen molar-refractivity contribution in [2.75, 3.05) is 19.8 Å². The number of H-pyrrole nitrogens is 1. The Labute approximate surface area is 190 Å². The van der Waals surface area contributed by atoms with Crippen molar-refractivity contribution in [1.29, 1.82) is 0 Å². The van der Waals surface area contributed by atoms with Crippen LogP contribution in [0.4, 0.5) is 4.79 Å². The first-order valence-electron chi connectivity index (χ1n) is 11.7. The minimum absolute atomic E-state index is 0.0712. The lowest BCUT2D eigenvalue weighted by atomic mass is 9.82. The summed E-state index contributed by atoms with van der Waals surface area (Å²) in [6, 6.07) is 12.7.